The van der Waals surface area contributed by atoms with Gasteiger partial charge in [0.25, 0.3) is 11.8 Å². The zero-order valence-corrected chi connectivity index (χ0v) is 20.0. The number of nitrogens with two attached hydrogens (primary N) is 1. The lowest BCUT2D eigenvalue weighted by Gasteiger charge is -2.46. The van der Waals surface area contributed by atoms with Crippen molar-refractivity contribution in [3.05, 3.63) is 75.3 Å². The molecule has 2 unspecified atom stereocenters. The first-order valence-electron chi connectivity index (χ1n) is 11.4. The molecule has 1 fully saturated rings. The number of hydrogen-bond donors (Lipinski definition) is 2. The number of nitrogens with one attached hydrogen (secondary N) is 1. The summed E-state index contributed by atoms with van der Waals surface area (Å²) in [6.07, 6.45) is 2.07. The zero-order valence-electron chi connectivity index (χ0n) is 19.2. The molecule has 3 aromatic rings. The van der Waals surface area contributed by atoms with E-state index in [4.69, 9.17) is 5.73 Å². The van der Waals surface area contributed by atoms with E-state index in [9.17, 15) is 18.4 Å². The number of carbonyl (C=O) groups excluding carboxylic acids is 2. The number of hydrogen-bond acceptors (Lipinski definition) is 5. The molecule has 2 aromatic carbocycles. The number of amides is 2. The van der Waals surface area contributed by atoms with Gasteiger partial charge in [-0.25, -0.2) is 13.8 Å². The van der Waals surface area contributed by atoms with E-state index in [0.717, 1.165) is 35.2 Å². The number of halogens is 4. The molecule has 2 atom stereocenters. The lowest BCUT2D eigenvalue weighted by Crippen LogP contribution is -2.54. The fourth-order valence-electron chi connectivity index (χ4n) is 4.97. The summed E-state index contributed by atoms with van der Waals surface area (Å²) in [6, 6.07) is 5.24. The molecule has 1 saturated heterocycles. The van der Waals surface area contributed by atoms with Crippen molar-refractivity contribution in [2.24, 2.45) is 0 Å². The molecule has 0 spiro atoms. The van der Waals surface area contributed by atoms with Gasteiger partial charge in [0.05, 0.1) is 22.2 Å². The van der Waals surface area contributed by atoms with Crippen LogP contribution in [0.5, 0.6) is 0 Å². The standard InChI is InChI=1S/C25H22F4N4O2S/c1-12-9-14(6-8-17(12)26)31-22(34)13-5-7-18(27)16(10-13)25(28,29)23(35)33-15-3-2-4-20(33)21-19(11-15)32-24(30)36-21/h5-10,15,20H,2-4,11H2,1H3,(H2,30,32)(H,31,34). The van der Waals surface area contributed by atoms with Crippen LogP contribution in [0.15, 0.2) is 36.4 Å². The van der Waals surface area contributed by atoms with Gasteiger partial charge in [-0.15, -0.1) is 0 Å². The average molecular weight is 519 g/mol. The molecule has 2 aliphatic rings. The number of alkyl halides is 2. The summed E-state index contributed by atoms with van der Waals surface area (Å²) in [5.41, 5.74) is 5.63. The molecule has 2 bridgehead atoms. The van der Waals surface area contributed by atoms with E-state index in [1.54, 1.807) is 0 Å². The van der Waals surface area contributed by atoms with Gasteiger partial charge in [0.15, 0.2) is 5.13 Å². The van der Waals surface area contributed by atoms with E-state index >= 15 is 8.78 Å². The van der Waals surface area contributed by atoms with E-state index in [0.29, 0.717) is 35.3 Å². The van der Waals surface area contributed by atoms with Crippen LogP contribution in [0, 0.1) is 18.6 Å². The summed E-state index contributed by atoms with van der Waals surface area (Å²) < 4.78 is 59.4. The fourth-order valence-corrected chi connectivity index (χ4v) is 5.96. The molecule has 3 N–H and O–H groups in total. The number of rotatable bonds is 4. The molecule has 2 amide bonds. The highest BCUT2D eigenvalue weighted by Crippen LogP contribution is 2.47. The van der Waals surface area contributed by atoms with Gasteiger partial charge in [0.1, 0.15) is 11.6 Å². The molecule has 6 nitrogen and oxygen atoms in total. The van der Waals surface area contributed by atoms with Crippen LogP contribution < -0.4 is 11.1 Å². The van der Waals surface area contributed by atoms with E-state index in [1.165, 1.54) is 30.4 Å². The summed E-state index contributed by atoms with van der Waals surface area (Å²) in [4.78, 5) is 32.1. The number of nitrogen functional groups attached to an aromatic ring is 1. The van der Waals surface area contributed by atoms with Crippen molar-refractivity contribution in [1.29, 1.82) is 0 Å². The number of fused-ring (bicyclic) bond motifs is 4. The summed E-state index contributed by atoms with van der Waals surface area (Å²) in [5, 5.41) is 2.79. The van der Waals surface area contributed by atoms with E-state index in [2.05, 4.69) is 10.3 Å². The molecule has 0 aliphatic carbocycles. The van der Waals surface area contributed by atoms with Gasteiger partial charge in [-0.2, -0.15) is 8.78 Å². The minimum atomic E-state index is -4.21. The van der Waals surface area contributed by atoms with Crippen molar-refractivity contribution in [3.8, 4) is 0 Å². The Morgan fingerprint density at radius 3 is 2.64 bits per heavy atom. The number of aryl methyl sites for hydroxylation is 1. The highest BCUT2D eigenvalue weighted by molar-refractivity contribution is 7.15. The highest BCUT2D eigenvalue weighted by Gasteiger charge is 2.52. The summed E-state index contributed by atoms with van der Waals surface area (Å²) in [7, 11) is 0. The number of thiazole rings is 1. The first-order valence-corrected chi connectivity index (χ1v) is 12.2. The van der Waals surface area contributed by atoms with Crippen molar-refractivity contribution in [3.63, 3.8) is 0 Å². The maximum Gasteiger partial charge on any atom is 0.352 e. The monoisotopic (exact) mass is 518 g/mol. The average Bonchev–Trinajstić information content (AvgIpc) is 3.20. The first kappa shape index (κ1) is 24.2. The molecule has 1 aromatic heterocycles. The van der Waals surface area contributed by atoms with Gasteiger partial charge in [0, 0.05) is 23.7 Å². The molecule has 5 rings (SSSR count). The third-order valence-corrected chi connectivity index (χ3v) is 7.73. The minimum absolute atomic E-state index is 0.244. The Balaban J connectivity index is 1.44. The van der Waals surface area contributed by atoms with Crippen molar-refractivity contribution < 1.29 is 27.2 Å². The van der Waals surface area contributed by atoms with Crippen LogP contribution in [0.25, 0.3) is 0 Å². The Hall–Kier alpha value is -3.47. The van der Waals surface area contributed by atoms with Gasteiger partial charge in [-0.1, -0.05) is 11.3 Å². The quantitative estimate of drug-likeness (QED) is 0.457. The van der Waals surface area contributed by atoms with E-state index in [1.807, 2.05) is 0 Å². The normalized spacial score (nSPS) is 19.1. The minimum Gasteiger partial charge on any atom is -0.375 e. The third kappa shape index (κ3) is 4.11. The van der Waals surface area contributed by atoms with Crippen molar-refractivity contribution in [2.45, 2.75) is 50.6 Å². The van der Waals surface area contributed by atoms with Gasteiger partial charge in [-0.05, 0) is 68.1 Å². The van der Waals surface area contributed by atoms with E-state index < -0.39 is 47.0 Å². The number of carbonyl (C=O) groups is 2. The van der Waals surface area contributed by atoms with Crippen molar-refractivity contribution >= 4 is 34.0 Å². The summed E-state index contributed by atoms with van der Waals surface area (Å²) in [5.74, 6) is -8.29. The van der Waals surface area contributed by atoms with Gasteiger partial charge < -0.3 is 16.0 Å². The maximum absolute atomic E-state index is 15.6. The predicted molar refractivity (Wildman–Crippen MR) is 127 cm³/mol. The maximum atomic E-state index is 15.6. The van der Waals surface area contributed by atoms with Crippen LogP contribution in [0.2, 0.25) is 0 Å². The van der Waals surface area contributed by atoms with E-state index in [-0.39, 0.29) is 16.8 Å². The van der Waals surface area contributed by atoms with Crippen LogP contribution in [-0.4, -0.2) is 27.7 Å². The smallest absolute Gasteiger partial charge is 0.352 e. The molecule has 11 heteroatoms. The summed E-state index contributed by atoms with van der Waals surface area (Å²) >= 11 is 1.18. The number of benzene rings is 2. The highest BCUT2D eigenvalue weighted by atomic mass is 32.1. The fraction of sp³-hybridized carbons (Fsp3) is 0.320. The molecule has 188 valence electrons. The zero-order chi connectivity index (χ0) is 25.8. The largest absolute Gasteiger partial charge is 0.375 e. The number of piperidine rings is 1. The van der Waals surface area contributed by atoms with Crippen LogP contribution in [0.4, 0.5) is 28.4 Å². The van der Waals surface area contributed by atoms with Crippen LogP contribution >= 0.6 is 11.3 Å². The molecule has 2 aliphatic heterocycles. The Morgan fingerprint density at radius 2 is 1.89 bits per heavy atom. The van der Waals surface area contributed by atoms with Gasteiger partial charge >= 0.3 is 5.92 Å². The van der Waals surface area contributed by atoms with Crippen LogP contribution in [0.3, 0.4) is 0 Å². The lowest BCUT2D eigenvalue weighted by molar-refractivity contribution is -0.168. The topological polar surface area (TPSA) is 88.3 Å². The molecular weight excluding hydrogens is 496 g/mol. The summed E-state index contributed by atoms with van der Waals surface area (Å²) in [6.45, 7) is 1.51. The van der Waals surface area contributed by atoms with Crippen molar-refractivity contribution in [2.75, 3.05) is 11.1 Å². The van der Waals surface area contributed by atoms with Crippen LogP contribution in [0.1, 0.15) is 57.4 Å². The Kier molecular flexibility index (Phi) is 5.98. The molecule has 36 heavy (non-hydrogen) atoms. The molecular formula is C25H22F4N4O2S. The second-order valence-electron chi connectivity index (χ2n) is 9.07. The van der Waals surface area contributed by atoms with Crippen LogP contribution in [-0.2, 0) is 17.1 Å². The second-order valence-corrected chi connectivity index (χ2v) is 10.1. The number of aromatic nitrogens is 1. The lowest BCUT2D eigenvalue weighted by atomic mass is 9.85. The Bertz CT molecular complexity index is 1380. The Labute approximate surface area is 208 Å². The predicted octanol–water partition coefficient (Wildman–Crippen LogP) is 5.33. The third-order valence-electron chi connectivity index (χ3n) is 6.71. The Morgan fingerprint density at radius 1 is 1.14 bits per heavy atom. The van der Waals surface area contributed by atoms with Gasteiger partial charge in [0.2, 0.25) is 0 Å². The number of anilines is 2. The molecule has 0 radical (unpaired) electrons. The SMILES string of the molecule is Cc1cc(NC(=O)c2ccc(F)c(C(F)(F)C(=O)N3C4CCCC3c3sc(N)nc3C4)c2)ccc1F. The first-order chi connectivity index (χ1) is 17.1. The molecule has 0 saturated carbocycles. The van der Waals surface area contributed by atoms with Crippen molar-refractivity contribution in [1.82, 2.24) is 9.88 Å². The molecule has 3 heterocycles. The van der Waals surface area contributed by atoms with Gasteiger partial charge in [-0.3, -0.25) is 9.59 Å². The second kappa shape index (κ2) is 8.88. The number of nitrogens with zero attached hydrogens (tertiary/aromatic N) is 2.